The van der Waals surface area contributed by atoms with Crippen LogP contribution < -0.4 is 10.6 Å². The predicted molar refractivity (Wildman–Crippen MR) is 79.4 cm³/mol. The van der Waals surface area contributed by atoms with Gasteiger partial charge in [0.25, 0.3) is 5.91 Å². The molecule has 2 N–H and O–H groups in total. The number of carbonyl (C=O) groups excluding carboxylic acids is 2. The molecule has 124 valence electrons. The van der Waals surface area contributed by atoms with Gasteiger partial charge in [0, 0.05) is 24.6 Å². The first-order chi connectivity index (χ1) is 10.9. The molecule has 2 aliphatic rings. The number of amides is 3. The molecule has 5 nitrogen and oxygen atoms in total. The van der Waals surface area contributed by atoms with Crippen molar-refractivity contribution in [2.75, 3.05) is 13.1 Å². The summed E-state index contributed by atoms with van der Waals surface area (Å²) >= 11 is 0. The van der Waals surface area contributed by atoms with Crippen LogP contribution in [0, 0.1) is 17.6 Å². The molecule has 1 aromatic rings. The van der Waals surface area contributed by atoms with E-state index >= 15 is 0 Å². The summed E-state index contributed by atoms with van der Waals surface area (Å²) in [6.45, 7) is 3.29. The standard InChI is InChI=1S/C16H19F2N3O2/c1-16(14(22)19-15(23)20-16)11-5-3-7-21(9-11)8-10-4-2-6-12(17)13(10)18/h2,4,6,11H,3,5,7-9H2,1H3,(H2,19,20,22,23). The second kappa shape index (κ2) is 5.88. The van der Waals surface area contributed by atoms with Gasteiger partial charge in [0.05, 0.1) is 0 Å². The zero-order valence-electron chi connectivity index (χ0n) is 12.9. The topological polar surface area (TPSA) is 61.4 Å². The average molecular weight is 323 g/mol. The normalized spacial score (nSPS) is 28.6. The Hall–Kier alpha value is -2.02. The van der Waals surface area contributed by atoms with Crippen molar-refractivity contribution in [1.82, 2.24) is 15.5 Å². The molecule has 2 fully saturated rings. The van der Waals surface area contributed by atoms with E-state index in [1.807, 2.05) is 4.90 Å². The van der Waals surface area contributed by atoms with E-state index in [2.05, 4.69) is 10.6 Å². The molecule has 3 amide bonds. The number of likely N-dealkylation sites (tertiary alicyclic amines) is 1. The second-order valence-electron chi connectivity index (χ2n) is 6.40. The van der Waals surface area contributed by atoms with Crippen molar-refractivity contribution in [2.24, 2.45) is 5.92 Å². The maximum absolute atomic E-state index is 13.8. The summed E-state index contributed by atoms with van der Waals surface area (Å²) < 4.78 is 27.1. The van der Waals surface area contributed by atoms with Gasteiger partial charge in [-0.2, -0.15) is 0 Å². The molecular formula is C16H19F2N3O2. The molecule has 2 saturated heterocycles. The van der Waals surface area contributed by atoms with Gasteiger partial charge in [-0.05, 0) is 32.4 Å². The summed E-state index contributed by atoms with van der Waals surface area (Å²) in [6, 6.07) is 3.66. The highest BCUT2D eigenvalue weighted by molar-refractivity contribution is 6.06. The van der Waals surface area contributed by atoms with Gasteiger partial charge in [-0.3, -0.25) is 15.0 Å². The molecule has 3 rings (SSSR count). The number of hydrogen-bond acceptors (Lipinski definition) is 3. The van der Waals surface area contributed by atoms with Gasteiger partial charge in [0.15, 0.2) is 11.6 Å². The number of carbonyl (C=O) groups is 2. The fourth-order valence-corrected chi connectivity index (χ4v) is 3.43. The van der Waals surface area contributed by atoms with Crippen LogP contribution in [0.1, 0.15) is 25.3 Å². The number of urea groups is 1. The number of nitrogens with one attached hydrogen (secondary N) is 2. The number of rotatable bonds is 3. The summed E-state index contributed by atoms with van der Waals surface area (Å²) in [5, 5.41) is 4.96. The summed E-state index contributed by atoms with van der Waals surface area (Å²) in [7, 11) is 0. The molecule has 2 heterocycles. The largest absolute Gasteiger partial charge is 0.323 e. The van der Waals surface area contributed by atoms with Gasteiger partial charge in [-0.15, -0.1) is 0 Å². The van der Waals surface area contributed by atoms with Crippen LogP contribution in [0.25, 0.3) is 0 Å². The van der Waals surface area contributed by atoms with Crippen molar-refractivity contribution >= 4 is 11.9 Å². The van der Waals surface area contributed by atoms with E-state index in [1.165, 1.54) is 6.07 Å². The van der Waals surface area contributed by atoms with Gasteiger partial charge in [0.1, 0.15) is 5.54 Å². The van der Waals surface area contributed by atoms with Gasteiger partial charge in [-0.1, -0.05) is 12.1 Å². The van der Waals surface area contributed by atoms with Crippen LogP contribution in [-0.2, 0) is 11.3 Å². The smallest absolute Gasteiger partial charge is 0.322 e. The van der Waals surface area contributed by atoms with Gasteiger partial charge in [-0.25, -0.2) is 13.6 Å². The quantitative estimate of drug-likeness (QED) is 0.834. The average Bonchev–Trinajstić information content (AvgIpc) is 2.78. The van der Waals surface area contributed by atoms with E-state index in [1.54, 1.807) is 13.0 Å². The number of hydrogen-bond donors (Lipinski definition) is 2. The summed E-state index contributed by atoms with van der Waals surface area (Å²) in [5.41, 5.74) is -0.647. The minimum atomic E-state index is -0.948. The Kier molecular flexibility index (Phi) is 4.06. The monoisotopic (exact) mass is 323 g/mol. The molecular weight excluding hydrogens is 304 g/mol. The summed E-state index contributed by atoms with van der Waals surface area (Å²) in [4.78, 5) is 25.5. The highest BCUT2D eigenvalue weighted by Gasteiger charge is 2.48. The van der Waals surface area contributed by atoms with Crippen molar-refractivity contribution in [3.63, 3.8) is 0 Å². The highest BCUT2D eigenvalue weighted by Crippen LogP contribution is 2.30. The SMILES string of the molecule is CC1(C2CCCN(Cc3cccc(F)c3F)C2)NC(=O)NC1=O. The number of imide groups is 1. The Morgan fingerprint density at radius 2 is 2.13 bits per heavy atom. The van der Waals surface area contributed by atoms with E-state index in [0.717, 1.165) is 25.5 Å². The zero-order valence-corrected chi connectivity index (χ0v) is 12.9. The maximum atomic E-state index is 13.8. The Morgan fingerprint density at radius 3 is 2.83 bits per heavy atom. The molecule has 0 spiro atoms. The van der Waals surface area contributed by atoms with Crippen molar-refractivity contribution in [3.05, 3.63) is 35.4 Å². The molecule has 0 bridgehead atoms. The third kappa shape index (κ3) is 2.93. The lowest BCUT2D eigenvalue weighted by molar-refractivity contribution is -0.126. The number of halogens is 2. The fraction of sp³-hybridized carbons (Fsp3) is 0.500. The molecule has 0 aromatic heterocycles. The number of nitrogens with zero attached hydrogens (tertiary/aromatic N) is 1. The Bertz CT molecular complexity index is 652. The Labute approximate surface area is 133 Å². The molecule has 1 aromatic carbocycles. The van der Waals surface area contributed by atoms with E-state index in [0.29, 0.717) is 12.1 Å². The van der Waals surface area contributed by atoms with Gasteiger partial charge < -0.3 is 5.32 Å². The lowest BCUT2D eigenvalue weighted by atomic mass is 9.80. The van der Waals surface area contributed by atoms with Gasteiger partial charge >= 0.3 is 6.03 Å². The molecule has 0 saturated carbocycles. The third-order valence-electron chi connectivity index (χ3n) is 4.82. The Balaban J connectivity index is 1.73. The Morgan fingerprint density at radius 1 is 1.35 bits per heavy atom. The summed E-state index contributed by atoms with van der Waals surface area (Å²) in [6.07, 6.45) is 1.63. The van der Waals surface area contributed by atoms with Crippen LogP contribution in [0.3, 0.4) is 0 Å². The van der Waals surface area contributed by atoms with Crippen molar-refractivity contribution in [2.45, 2.75) is 31.8 Å². The lowest BCUT2D eigenvalue weighted by Gasteiger charge is -2.39. The first kappa shape index (κ1) is 15.9. The van der Waals surface area contributed by atoms with Crippen LogP contribution in [0.5, 0.6) is 0 Å². The highest BCUT2D eigenvalue weighted by atomic mass is 19.2. The molecule has 2 aliphatic heterocycles. The summed E-state index contributed by atoms with van der Waals surface area (Å²) in [5.74, 6) is -2.08. The van der Waals surface area contributed by atoms with E-state index < -0.39 is 23.2 Å². The fourth-order valence-electron chi connectivity index (χ4n) is 3.43. The van der Waals surface area contributed by atoms with Crippen LogP contribution >= 0.6 is 0 Å². The molecule has 23 heavy (non-hydrogen) atoms. The number of piperidine rings is 1. The van der Waals surface area contributed by atoms with Crippen LogP contribution in [0.4, 0.5) is 13.6 Å². The van der Waals surface area contributed by atoms with Crippen LogP contribution in [0.15, 0.2) is 18.2 Å². The van der Waals surface area contributed by atoms with Crippen LogP contribution in [-0.4, -0.2) is 35.5 Å². The van der Waals surface area contributed by atoms with E-state index in [-0.39, 0.29) is 18.4 Å². The van der Waals surface area contributed by atoms with Gasteiger partial charge in [0.2, 0.25) is 0 Å². The lowest BCUT2D eigenvalue weighted by Crippen LogP contribution is -2.55. The third-order valence-corrected chi connectivity index (χ3v) is 4.82. The van der Waals surface area contributed by atoms with Crippen LogP contribution in [0.2, 0.25) is 0 Å². The molecule has 2 atom stereocenters. The number of benzene rings is 1. The first-order valence-electron chi connectivity index (χ1n) is 7.69. The van der Waals surface area contributed by atoms with E-state index in [4.69, 9.17) is 0 Å². The minimum Gasteiger partial charge on any atom is -0.323 e. The maximum Gasteiger partial charge on any atom is 0.322 e. The minimum absolute atomic E-state index is 0.0701. The molecule has 0 aliphatic carbocycles. The van der Waals surface area contributed by atoms with E-state index in [9.17, 15) is 18.4 Å². The second-order valence-corrected chi connectivity index (χ2v) is 6.40. The van der Waals surface area contributed by atoms with Crippen molar-refractivity contribution in [1.29, 1.82) is 0 Å². The first-order valence-corrected chi connectivity index (χ1v) is 7.69. The molecule has 2 unspecified atom stereocenters. The molecule has 7 heteroatoms. The van der Waals surface area contributed by atoms with Crippen molar-refractivity contribution < 1.29 is 18.4 Å². The predicted octanol–water partition coefficient (Wildman–Crippen LogP) is 1.77. The molecule has 0 radical (unpaired) electrons. The zero-order chi connectivity index (χ0) is 16.6. The van der Waals surface area contributed by atoms with Crippen molar-refractivity contribution in [3.8, 4) is 0 Å².